The molecule has 1 aliphatic rings. The summed E-state index contributed by atoms with van der Waals surface area (Å²) in [6.45, 7) is 5.35. The molecule has 3 amide bonds. The van der Waals surface area contributed by atoms with Crippen LogP contribution in [0.1, 0.15) is 30.4 Å². The molecular formula is C19H29N3O3S. The minimum absolute atomic E-state index is 0.0527. The molecule has 1 saturated heterocycles. The van der Waals surface area contributed by atoms with Crippen molar-refractivity contribution >= 4 is 23.7 Å². The fourth-order valence-corrected chi connectivity index (χ4v) is 3.56. The number of rotatable bonds is 7. The van der Waals surface area contributed by atoms with E-state index in [1.807, 2.05) is 25.0 Å². The minimum Gasteiger partial charge on any atom is -0.490 e. The number of urea groups is 1. The molecule has 1 heterocycles. The summed E-state index contributed by atoms with van der Waals surface area (Å²) in [5.41, 5.74) is 7.51. The van der Waals surface area contributed by atoms with Gasteiger partial charge in [0.2, 0.25) is 5.91 Å². The maximum Gasteiger partial charge on any atom is 0.312 e. The van der Waals surface area contributed by atoms with Gasteiger partial charge in [0.15, 0.2) is 0 Å². The average molecular weight is 380 g/mol. The predicted molar refractivity (Wildman–Crippen MR) is 106 cm³/mol. The number of benzene rings is 1. The number of primary amides is 1. The Morgan fingerprint density at radius 2 is 2.04 bits per heavy atom. The third-order valence-electron chi connectivity index (χ3n) is 4.62. The highest BCUT2D eigenvalue weighted by Gasteiger charge is 2.29. The van der Waals surface area contributed by atoms with Gasteiger partial charge in [0.05, 0.1) is 0 Å². The van der Waals surface area contributed by atoms with Crippen molar-refractivity contribution in [3.8, 4) is 5.75 Å². The van der Waals surface area contributed by atoms with E-state index in [1.165, 1.54) is 5.56 Å². The molecule has 1 aromatic carbocycles. The molecule has 26 heavy (non-hydrogen) atoms. The van der Waals surface area contributed by atoms with Gasteiger partial charge in [0, 0.05) is 25.9 Å². The summed E-state index contributed by atoms with van der Waals surface area (Å²) >= 11 is 1.64. The topological polar surface area (TPSA) is 84.7 Å². The van der Waals surface area contributed by atoms with Crippen molar-refractivity contribution in [2.45, 2.75) is 45.3 Å². The number of nitrogens with zero attached hydrogens (tertiary/aromatic N) is 1. The molecule has 1 atom stereocenters. The predicted octanol–water partition coefficient (Wildman–Crippen LogP) is 2.46. The van der Waals surface area contributed by atoms with Crippen molar-refractivity contribution in [3.05, 3.63) is 29.3 Å². The number of amides is 3. The first-order valence-corrected chi connectivity index (χ1v) is 10.4. The second-order valence-electron chi connectivity index (χ2n) is 6.75. The van der Waals surface area contributed by atoms with Crippen LogP contribution in [0.4, 0.5) is 4.79 Å². The Labute approximate surface area is 159 Å². The number of ether oxygens (including phenoxy) is 1. The van der Waals surface area contributed by atoms with Gasteiger partial charge in [0.25, 0.3) is 0 Å². The summed E-state index contributed by atoms with van der Waals surface area (Å²) in [7, 11) is 0. The van der Waals surface area contributed by atoms with Crippen LogP contribution < -0.4 is 15.8 Å². The van der Waals surface area contributed by atoms with Crippen LogP contribution in [0, 0.1) is 13.8 Å². The third-order valence-corrected chi connectivity index (χ3v) is 5.26. The van der Waals surface area contributed by atoms with Crippen LogP contribution in [-0.2, 0) is 4.79 Å². The molecule has 1 fully saturated rings. The Bertz CT molecular complexity index is 630. The molecule has 1 aromatic rings. The SMILES string of the molecule is CSCCC(NC(N)=O)C(=O)N1CCC(Oc2cc(C)ccc2C)CC1. The van der Waals surface area contributed by atoms with Crippen LogP contribution in [-0.4, -0.2) is 54.1 Å². The molecule has 1 aliphatic heterocycles. The summed E-state index contributed by atoms with van der Waals surface area (Å²) in [5, 5.41) is 2.58. The molecule has 3 N–H and O–H groups in total. The number of aryl methyl sites for hydroxylation is 2. The Morgan fingerprint density at radius 1 is 1.35 bits per heavy atom. The Morgan fingerprint density at radius 3 is 2.65 bits per heavy atom. The van der Waals surface area contributed by atoms with Crippen molar-refractivity contribution in [3.63, 3.8) is 0 Å². The van der Waals surface area contributed by atoms with Crippen LogP contribution in [0.15, 0.2) is 18.2 Å². The number of hydrogen-bond acceptors (Lipinski definition) is 4. The second-order valence-corrected chi connectivity index (χ2v) is 7.74. The van der Waals surface area contributed by atoms with Crippen molar-refractivity contribution in [1.29, 1.82) is 0 Å². The lowest BCUT2D eigenvalue weighted by Gasteiger charge is -2.34. The lowest BCUT2D eigenvalue weighted by molar-refractivity contribution is -0.135. The van der Waals surface area contributed by atoms with Gasteiger partial charge < -0.3 is 20.7 Å². The Hall–Kier alpha value is -1.89. The smallest absolute Gasteiger partial charge is 0.312 e. The summed E-state index contributed by atoms with van der Waals surface area (Å²) in [6.07, 6.45) is 4.23. The van der Waals surface area contributed by atoms with Gasteiger partial charge in [-0.05, 0) is 49.5 Å². The molecule has 1 unspecified atom stereocenters. The van der Waals surface area contributed by atoms with E-state index in [0.717, 1.165) is 29.9 Å². The van der Waals surface area contributed by atoms with Crippen molar-refractivity contribution in [2.75, 3.05) is 25.1 Å². The van der Waals surface area contributed by atoms with Gasteiger partial charge in [-0.25, -0.2) is 4.79 Å². The largest absolute Gasteiger partial charge is 0.490 e. The summed E-state index contributed by atoms with van der Waals surface area (Å²) in [5.74, 6) is 1.66. The van der Waals surface area contributed by atoms with E-state index in [-0.39, 0.29) is 12.0 Å². The molecule has 7 heteroatoms. The summed E-state index contributed by atoms with van der Waals surface area (Å²) in [6, 6.07) is 5.00. The van der Waals surface area contributed by atoms with E-state index in [9.17, 15) is 9.59 Å². The molecule has 0 saturated carbocycles. The fourth-order valence-electron chi connectivity index (χ4n) is 3.09. The monoisotopic (exact) mass is 379 g/mol. The van der Waals surface area contributed by atoms with Gasteiger partial charge in [0.1, 0.15) is 17.9 Å². The van der Waals surface area contributed by atoms with E-state index in [2.05, 4.69) is 23.5 Å². The lowest BCUT2D eigenvalue weighted by atomic mass is 10.1. The molecule has 0 radical (unpaired) electrons. The molecule has 6 nitrogen and oxygen atoms in total. The number of hydrogen-bond donors (Lipinski definition) is 2. The number of nitrogens with one attached hydrogen (secondary N) is 1. The number of thioether (sulfide) groups is 1. The van der Waals surface area contributed by atoms with Gasteiger partial charge in [-0.2, -0.15) is 11.8 Å². The molecule has 0 bridgehead atoms. The zero-order valence-electron chi connectivity index (χ0n) is 15.8. The van der Waals surface area contributed by atoms with E-state index < -0.39 is 12.1 Å². The average Bonchev–Trinajstić information content (AvgIpc) is 2.61. The number of carbonyl (C=O) groups is 2. The maximum atomic E-state index is 12.7. The first-order chi connectivity index (χ1) is 12.4. The lowest BCUT2D eigenvalue weighted by Crippen LogP contribution is -2.53. The number of carbonyl (C=O) groups excluding carboxylic acids is 2. The van der Waals surface area contributed by atoms with Crippen LogP contribution in [0.2, 0.25) is 0 Å². The van der Waals surface area contributed by atoms with Gasteiger partial charge in [-0.3, -0.25) is 4.79 Å². The molecule has 0 aliphatic carbocycles. The maximum absolute atomic E-state index is 12.7. The van der Waals surface area contributed by atoms with Gasteiger partial charge in [-0.15, -0.1) is 0 Å². The van der Waals surface area contributed by atoms with Crippen LogP contribution in [0.5, 0.6) is 5.75 Å². The van der Waals surface area contributed by atoms with Crippen LogP contribution >= 0.6 is 11.8 Å². The summed E-state index contributed by atoms with van der Waals surface area (Å²) < 4.78 is 6.15. The zero-order chi connectivity index (χ0) is 19.1. The normalized spacial score (nSPS) is 16.2. The molecule has 0 aromatic heterocycles. The highest BCUT2D eigenvalue weighted by molar-refractivity contribution is 7.98. The van der Waals surface area contributed by atoms with E-state index >= 15 is 0 Å². The third kappa shape index (κ3) is 5.83. The van der Waals surface area contributed by atoms with Crippen molar-refractivity contribution in [2.24, 2.45) is 5.73 Å². The first-order valence-electron chi connectivity index (χ1n) is 8.98. The molecule has 0 spiro atoms. The van der Waals surface area contributed by atoms with Crippen molar-refractivity contribution < 1.29 is 14.3 Å². The minimum atomic E-state index is -0.655. The highest BCUT2D eigenvalue weighted by atomic mass is 32.2. The second kappa shape index (κ2) is 9.71. The Balaban J connectivity index is 1.90. The van der Waals surface area contributed by atoms with E-state index in [4.69, 9.17) is 10.5 Å². The van der Waals surface area contributed by atoms with E-state index in [1.54, 1.807) is 11.8 Å². The first kappa shape index (κ1) is 20.4. The molecule has 2 rings (SSSR count). The highest BCUT2D eigenvalue weighted by Crippen LogP contribution is 2.24. The number of piperidine rings is 1. The zero-order valence-corrected chi connectivity index (χ0v) is 16.6. The Kier molecular flexibility index (Phi) is 7.63. The summed E-state index contributed by atoms with van der Waals surface area (Å²) in [4.78, 5) is 25.7. The van der Waals surface area contributed by atoms with E-state index in [0.29, 0.717) is 19.5 Å². The standard InChI is InChI=1S/C19H29N3O3S/c1-13-4-5-14(2)17(12-13)25-15-6-9-22(10-7-15)18(23)16(8-11-26-3)21-19(20)24/h4-5,12,15-16H,6-11H2,1-3H3,(H3,20,21,24). The van der Waals surface area contributed by atoms with Crippen LogP contribution in [0.25, 0.3) is 0 Å². The van der Waals surface area contributed by atoms with Crippen LogP contribution in [0.3, 0.4) is 0 Å². The molecule has 144 valence electrons. The quantitative estimate of drug-likeness (QED) is 0.762. The van der Waals surface area contributed by atoms with Crippen molar-refractivity contribution in [1.82, 2.24) is 10.2 Å². The molecular weight excluding hydrogens is 350 g/mol. The van der Waals surface area contributed by atoms with Gasteiger partial charge >= 0.3 is 6.03 Å². The number of likely N-dealkylation sites (tertiary alicyclic amines) is 1. The van der Waals surface area contributed by atoms with Gasteiger partial charge in [-0.1, -0.05) is 12.1 Å². The number of nitrogens with two attached hydrogens (primary N) is 1. The fraction of sp³-hybridized carbons (Fsp3) is 0.579.